The van der Waals surface area contributed by atoms with Gasteiger partial charge in [-0.25, -0.2) is 9.97 Å². The molecule has 2 aromatic heterocycles. The van der Waals surface area contributed by atoms with Crippen molar-refractivity contribution in [1.29, 1.82) is 0 Å². The van der Waals surface area contributed by atoms with E-state index in [1.807, 2.05) is 12.3 Å². The van der Waals surface area contributed by atoms with E-state index in [-0.39, 0.29) is 5.91 Å². The van der Waals surface area contributed by atoms with Crippen LogP contribution in [0.25, 0.3) is 0 Å². The molecule has 88 valence electrons. The van der Waals surface area contributed by atoms with Crippen LogP contribution >= 0.6 is 22.9 Å². The summed E-state index contributed by atoms with van der Waals surface area (Å²) in [6.07, 6.45) is 0. The van der Waals surface area contributed by atoms with Gasteiger partial charge in [0, 0.05) is 5.38 Å². The van der Waals surface area contributed by atoms with Crippen molar-refractivity contribution in [1.82, 2.24) is 15.3 Å². The van der Waals surface area contributed by atoms with Crippen LogP contribution in [0.15, 0.2) is 23.6 Å². The fourth-order valence-corrected chi connectivity index (χ4v) is 2.06. The Labute approximate surface area is 108 Å². The summed E-state index contributed by atoms with van der Waals surface area (Å²) >= 11 is 7.26. The van der Waals surface area contributed by atoms with Crippen LogP contribution in [0.3, 0.4) is 0 Å². The Morgan fingerprint density at radius 2 is 2.29 bits per heavy atom. The lowest BCUT2D eigenvalue weighted by Crippen LogP contribution is -2.23. The van der Waals surface area contributed by atoms with Crippen LogP contribution in [0.1, 0.15) is 21.2 Å². The lowest BCUT2D eigenvalue weighted by molar-refractivity contribution is 0.0945. The van der Waals surface area contributed by atoms with Crippen molar-refractivity contribution >= 4 is 28.8 Å². The largest absolute Gasteiger partial charge is 0.345 e. The summed E-state index contributed by atoms with van der Waals surface area (Å²) in [5.74, 6) is -0.252. The van der Waals surface area contributed by atoms with Gasteiger partial charge in [0.15, 0.2) is 0 Å². The van der Waals surface area contributed by atoms with Crippen molar-refractivity contribution in [2.75, 3.05) is 0 Å². The van der Waals surface area contributed by atoms with Gasteiger partial charge in [0.2, 0.25) is 0 Å². The molecule has 0 unspecified atom stereocenters. The van der Waals surface area contributed by atoms with Crippen LogP contribution in [0.2, 0.25) is 5.15 Å². The minimum Gasteiger partial charge on any atom is -0.345 e. The second-order valence-corrected chi connectivity index (χ2v) is 4.84. The Morgan fingerprint density at radius 1 is 1.47 bits per heavy atom. The Bertz CT molecular complexity index is 541. The van der Waals surface area contributed by atoms with Crippen LogP contribution in [-0.2, 0) is 6.54 Å². The van der Waals surface area contributed by atoms with Crippen molar-refractivity contribution in [3.05, 3.63) is 45.1 Å². The summed E-state index contributed by atoms with van der Waals surface area (Å²) < 4.78 is 0. The highest BCUT2D eigenvalue weighted by Gasteiger charge is 2.07. The molecule has 4 nitrogen and oxygen atoms in total. The maximum atomic E-state index is 11.7. The molecule has 2 aromatic rings. The number of carbonyl (C=O) groups is 1. The topological polar surface area (TPSA) is 54.9 Å². The van der Waals surface area contributed by atoms with E-state index in [0.29, 0.717) is 17.4 Å². The average molecular weight is 268 g/mol. The minimum absolute atomic E-state index is 0.252. The summed E-state index contributed by atoms with van der Waals surface area (Å²) in [6, 6.07) is 4.94. The van der Waals surface area contributed by atoms with E-state index in [9.17, 15) is 4.79 Å². The van der Waals surface area contributed by atoms with Gasteiger partial charge in [-0.3, -0.25) is 4.79 Å². The Kier molecular flexibility index (Phi) is 3.71. The van der Waals surface area contributed by atoms with Gasteiger partial charge in [0.25, 0.3) is 5.91 Å². The Morgan fingerprint density at radius 3 is 2.94 bits per heavy atom. The predicted octanol–water partition coefficient (Wildman–Crippen LogP) is 2.43. The van der Waals surface area contributed by atoms with E-state index in [1.54, 1.807) is 29.5 Å². The normalized spacial score (nSPS) is 10.2. The molecule has 2 rings (SSSR count). The standard InChI is InChI=1S/C11H10ClN3OS/c1-7-14-8(6-17-7)5-13-11(16)9-3-2-4-10(12)15-9/h2-4,6H,5H2,1H3,(H,13,16). The van der Waals surface area contributed by atoms with E-state index in [2.05, 4.69) is 15.3 Å². The molecule has 2 heterocycles. The molecular weight excluding hydrogens is 258 g/mol. The number of aromatic nitrogens is 2. The zero-order valence-corrected chi connectivity index (χ0v) is 10.7. The summed E-state index contributed by atoms with van der Waals surface area (Å²) in [7, 11) is 0. The molecule has 0 saturated carbocycles. The van der Waals surface area contributed by atoms with Crippen LogP contribution < -0.4 is 5.32 Å². The molecule has 0 atom stereocenters. The van der Waals surface area contributed by atoms with Gasteiger partial charge >= 0.3 is 0 Å². The lowest BCUT2D eigenvalue weighted by atomic mass is 10.3. The number of aryl methyl sites for hydroxylation is 1. The van der Waals surface area contributed by atoms with Gasteiger partial charge in [-0.2, -0.15) is 0 Å². The molecule has 0 aliphatic heterocycles. The number of amides is 1. The highest BCUT2D eigenvalue weighted by molar-refractivity contribution is 7.09. The maximum Gasteiger partial charge on any atom is 0.270 e. The summed E-state index contributed by atoms with van der Waals surface area (Å²) in [5, 5.41) is 5.95. The molecule has 0 aliphatic carbocycles. The summed E-state index contributed by atoms with van der Waals surface area (Å²) in [5.41, 5.74) is 1.16. The number of thiazole rings is 1. The monoisotopic (exact) mass is 267 g/mol. The molecule has 0 saturated heterocycles. The van der Waals surface area contributed by atoms with Gasteiger partial charge in [-0.1, -0.05) is 17.7 Å². The van der Waals surface area contributed by atoms with E-state index in [4.69, 9.17) is 11.6 Å². The second kappa shape index (κ2) is 5.25. The van der Waals surface area contributed by atoms with E-state index in [1.165, 1.54) is 0 Å². The summed E-state index contributed by atoms with van der Waals surface area (Å²) in [6.45, 7) is 2.33. The third kappa shape index (κ3) is 3.25. The number of nitrogens with zero attached hydrogens (tertiary/aromatic N) is 2. The molecule has 0 bridgehead atoms. The van der Waals surface area contributed by atoms with Gasteiger partial charge in [0.05, 0.1) is 17.2 Å². The quantitative estimate of drug-likeness (QED) is 0.869. The zero-order valence-electron chi connectivity index (χ0n) is 9.11. The molecule has 17 heavy (non-hydrogen) atoms. The number of hydrogen-bond acceptors (Lipinski definition) is 4. The van der Waals surface area contributed by atoms with Crippen LogP contribution in [0, 0.1) is 6.92 Å². The van der Waals surface area contributed by atoms with E-state index >= 15 is 0 Å². The van der Waals surface area contributed by atoms with Crippen molar-refractivity contribution in [2.45, 2.75) is 13.5 Å². The molecule has 0 radical (unpaired) electrons. The number of pyridine rings is 1. The first-order chi connectivity index (χ1) is 8.15. The first kappa shape index (κ1) is 12.0. The predicted molar refractivity (Wildman–Crippen MR) is 67.3 cm³/mol. The minimum atomic E-state index is -0.252. The fourth-order valence-electron chi connectivity index (χ4n) is 1.29. The average Bonchev–Trinajstić information content (AvgIpc) is 2.72. The maximum absolute atomic E-state index is 11.7. The number of halogens is 1. The first-order valence-electron chi connectivity index (χ1n) is 4.97. The van der Waals surface area contributed by atoms with Crippen molar-refractivity contribution < 1.29 is 4.79 Å². The highest BCUT2D eigenvalue weighted by atomic mass is 35.5. The van der Waals surface area contributed by atoms with Crippen LogP contribution in [0.5, 0.6) is 0 Å². The lowest BCUT2D eigenvalue weighted by Gasteiger charge is -2.02. The van der Waals surface area contributed by atoms with Gasteiger partial charge in [-0.05, 0) is 19.1 Å². The van der Waals surface area contributed by atoms with E-state index < -0.39 is 0 Å². The highest BCUT2D eigenvalue weighted by Crippen LogP contribution is 2.08. The third-order valence-electron chi connectivity index (χ3n) is 2.04. The molecule has 0 spiro atoms. The molecule has 6 heteroatoms. The molecule has 0 aliphatic rings. The van der Waals surface area contributed by atoms with Gasteiger partial charge in [-0.15, -0.1) is 11.3 Å². The Balaban J connectivity index is 1.98. The number of nitrogens with one attached hydrogen (secondary N) is 1. The number of hydrogen-bond donors (Lipinski definition) is 1. The van der Waals surface area contributed by atoms with Crippen molar-refractivity contribution in [3.63, 3.8) is 0 Å². The van der Waals surface area contributed by atoms with Crippen molar-refractivity contribution in [3.8, 4) is 0 Å². The number of carbonyl (C=O) groups excluding carboxylic acids is 1. The molecule has 1 N–H and O–H groups in total. The second-order valence-electron chi connectivity index (χ2n) is 3.39. The first-order valence-corrected chi connectivity index (χ1v) is 6.22. The van der Waals surface area contributed by atoms with Gasteiger partial charge in [0.1, 0.15) is 10.8 Å². The molecule has 1 amide bonds. The molecule has 0 aromatic carbocycles. The van der Waals surface area contributed by atoms with E-state index in [0.717, 1.165) is 10.7 Å². The van der Waals surface area contributed by atoms with Gasteiger partial charge < -0.3 is 5.32 Å². The van der Waals surface area contributed by atoms with Crippen LogP contribution in [0.4, 0.5) is 0 Å². The zero-order chi connectivity index (χ0) is 12.3. The number of rotatable bonds is 3. The fraction of sp³-hybridized carbons (Fsp3) is 0.182. The molecular formula is C11H10ClN3OS. The Hall–Kier alpha value is -1.46. The molecule has 0 fully saturated rings. The third-order valence-corrected chi connectivity index (χ3v) is 3.08. The van der Waals surface area contributed by atoms with Crippen LogP contribution in [-0.4, -0.2) is 15.9 Å². The summed E-state index contributed by atoms with van der Waals surface area (Å²) in [4.78, 5) is 19.9. The smallest absolute Gasteiger partial charge is 0.270 e. The SMILES string of the molecule is Cc1nc(CNC(=O)c2cccc(Cl)n2)cs1. The van der Waals surface area contributed by atoms with Crippen molar-refractivity contribution in [2.24, 2.45) is 0 Å².